The Kier molecular flexibility index (Phi) is 3.96. The monoisotopic (exact) mass is 349 g/mol. The summed E-state index contributed by atoms with van der Waals surface area (Å²) in [5.41, 5.74) is 1.02. The molecule has 1 aliphatic carbocycles. The van der Waals surface area contributed by atoms with Crippen LogP contribution < -0.4 is 4.90 Å². The fourth-order valence-corrected chi connectivity index (χ4v) is 5.16. The van der Waals surface area contributed by atoms with E-state index in [1.54, 1.807) is 23.7 Å². The number of aromatic nitrogens is 3. The lowest BCUT2D eigenvalue weighted by atomic mass is 9.97. The van der Waals surface area contributed by atoms with E-state index in [4.69, 9.17) is 0 Å². The fraction of sp³-hybridized carbons (Fsp3) is 0.625. The summed E-state index contributed by atoms with van der Waals surface area (Å²) < 4.78 is 28.0. The van der Waals surface area contributed by atoms with Crippen molar-refractivity contribution in [1.82, 2.24) is 18.9 Å². The molecule has 2 aromatic heterocycles. The molecule has 0 unspecified atom stereocenters. The molecule has 0 radical (unpaired) electrons. The summed E-state index contributed by atoms with van der Waals surface area (Å²) in [6.45, 7) is 2.44. The molecule has 130 valence electrons. The molecule has 0 N–H and O–H groups in total. The van der Waals surface area contributed by atoms with Crippen LogP contribution in [0.3, 0.4) is 0 Å². The van der Waals surface area contributed by atoms with Crippen molar-refractivity contribution < 1.29 is 8.42 Å². The predicted octanol–water partition coefficient (Wildman–Crippen LogP) is 1.37. The highest BCUT2D eigenvalue weighted by molar-refractivity contribution is 7.90. The van der Waals surface area contributed by atoms with Crippen molar-refractivity contribution in [3.63, 3.8) is 0 Å². The zero-order chi connectivity index (χ0) is 16.7. The molecule has 1 saturated carbocycles. The van der Waals surface area contributed by atoms with Crippen molar-refractivity contribution >= 4 is 21.4 Å². The zero-order valence-electron chi connectivity index (χ0n) is 13.9. The number of sulfonamides is 1. The fourth-order valence-electron chi connectivity index (χ4n) is 3.50. The third-order valence-corrected chi connectivity index (χ3v) is 7.45. The third-order valence-electron chi connectivity index (χ3n) is 5.11. The van der Waals surface area contributed by atoms with Crippen LogP contribution in [0.2, 0.25) is 0 Å². The SMILES string of the molecule is CN(CC1CCN(c2nccn3nccc23)CC1)S(=O)(=O)C1CC1. The van der Waals surface area contributed by atoms with Gasteiger partial charge in [0.2, 0.25) is 10.0 Å². The van der Waals surface area contributed by atoms with Crippen LogP contribution in [0.1, 0.15) is 25.7 Å². The van der Waals surface area contributed by atoms with E-state index in [0.29, 0.717) is 12.5 Å². The molecule has 8 heteroatoms. The van der Waals surface area contributed by atoms with Gasteiger partial charge in [-0.25, -0.2) is 22.2 Å². The number of nitrogens with zero attached hydrogens (tertiary/aromatic N) is 5. The number of fused-ring (bicyclic) bond motifs is 1. The maximum Gasteiger partial charge on any atom is 0.216 e. The van der Waals surface area contributed by atoms with Gasteiger partial charge in [-0.15, -0.1) is 0 Å². The van der Waals surface area contributed by atoms with Gasteiger partial charge in [0.1, 0.15) is 5.52 Å². The Morgan fingerprint density at radius 3 is 2.67 bits per heavy atom. The number of hydrogen-bond acceptors (Lipinski definition) is 5. The summed E-state index contributed by atoms with van der Waals surface area (Å²) in [5.74, 6) is 1.39. The van der Waals surface area contributed by atoms with Crippen LogP contribution in [0.15, 0.2) is 24.7 Å². The number of anilines is 1. The van der Waals surface area contributed by atoms with E-state index < -0.39 is 10.0 Å². The molecule has 0 amide bonds. The van der Waals surface area contributed by atoms with E-state index in [0.717, 1.165) is 50.1 Å². The molecular weight excluding hydrogens is 326 g/mol. The van der Waals surface area contributed by atoms with E-state index in [-0.39, 0.29) is 5.25 Å². The average Bonchev–Trinajstić information content (AvgIpc) is 3.34. The molecule has 4 rings (SSSR count). The number of rotatable bonds is 5. The van der Waals surface area contributed by atoms with Crippen LogP contribution in [0.5, 0.6) is 0 Å². The van der Waals surface area contributed by atoms with Crippen molar-refractivity contribution in [2.75, 3.05) is 31.6 Å². The summed E-state index contributed by atoms with van der Waals surface area (Å²) in [4.78, 5) is 6.80. The summed E-state index contributed by atoms with van der Waals surface area (Å²) in [5, 5.41) is 4.14. The Bertz CT molecular complexity index is 822. The molecule has 24 heavy (non-hydrogen) atoms. The molecule has 0 spiro atoms. The van der Waals surface area contributed by atoms with Gasteiger partial charge in [-0.2, -0.15) is 5.10 Å². The maximum absolute atomic E-state index is 12.3. The Balaban J connectivity index is 1.39. The molecule has 2 aliphatic rings. The van der Waals surface area contributed by atoms with E-state index >= 15 is 0 Å². The van der Waals surface area contributed by atoms with Gasteiger partial charge in [0.15, 0.2) is 5.82 Å². The van der Waals surface area contributed by atoms with Crippen LogP contribution in [-0.2, 0) is 10.0 Å². The molecule has 3 heterocycles. The second kappa shape index (κ2) is 6.00. The van der Waals surface area contributed by atoms with Crippen LogP contribution in [-0.4, -0.2) is 59.3 Å². The molecule has 0 aromatic carbocycles. The largest absolute Gasteiger partial charge is 0.355 e. The standard InChI is InChI=1S/C16H23N5O2S/c1-19(24(22,23)14-2-3-14)12-13-5-9-20(10-6-13)16-15-4-7-18-21(15)11-8-17-16/h4,7-8,11,13-14H,2-3,5-6,9-10,12H2,1H3. The quantitative estimate of drug-likeness (QED) is 0.815. The van der Waals surface area contributed by atoms with E-state index in [9.17, 15) is 8.42 Å². The van der Waals surface area contributed by atoms with Crippen molar-refractivity contribution in [3.8, 4) is 0 Å². The van der Waals surface area contributed by atoms with E-state index in [2.05, 4.69) is 15.0 Å². The van der Waals surface area contributed by atoms with Gasteiger partial charge < -0.3 is 4.90 Å². The van der Waals surface area contributed by atoms with Gasteiger partial charge in [0, 0.05) is 39.1 Å². The van der Waals surface area contributed by atoms with Gasteiger partial charge in [-0.05, 0) is 37.7 Å². The maximum atomic E-state index is 12.3. The summed E-state index contributed by atoms with van der Waals surface area (Å²) in [6.07, 6.45) is 9.03. The molecule has 1 saturated heterocycles. The predicted molar refractivity (Wildman–Crippen MR) is 92.5 cm³/mol. The smallest absolute Gasteiger partial charge is 0.216 e. The second-order valence-corrected chi connectivity index (χ2v) is 9.19. The molecule has 2 fully saturated rings. The van der Waals surface area contributed by atoms with Crippen LogP contribution in [0.25, 0.3) is 5.52 Å². The molecule has 7 nitrogen and oxygen atoms in total. The first-order valence-corrected chi connectivity index (χ1v) is 10.0. The number of hydrogen-bond donors (Lipinski definition) is 0. The highest BCUT2D eigenvalue weighted by Gasteiger charge is 2.39. The Labute approximate surface area is 142 Å². The summed E-state index contributed by atoms with van der Waals surface area (Å²) >= 11 is 0. The van der Waals surface area contributed by atoms with Gasteiger partial charge in [0.05, 0.1) is 11.4 Å². The summed E-state index contributed by atoms with van der Waals surface area (Å²) in [6, 6.07) is 1.98. The lowest BCUT2D eigenvalue weighted by Gasteiger charge is -2.34. The molecule has 1 aliphatic heterocycles. The Morgan fingerprint density at radius 2 is 1.96 bits per heavy atom. The lowest BCUT2D eigenvalue weighted by molar-refractivity contribution is 0.327. The van der Waals surface area contributed by atoms with Crippen LogP contribution >= 0.6 is 0 Å². The molecule has 0 bridgehead atoms. The van der Waals surface area contributed by atoms with Crippen molar-refractivity contribution in [3.05, 3.63) is 24.7 Å². The van der Waals surface area contributed by atoms with Gasteiger partial charge in [-0.1, -0.05) is 0 Å². The topological polar surface area (TPSA) is 70.8 Å². The van der Waals surface area contributed by atoms with Crippen molar-refractivity contribution in [1.29, 1.82) is 0 Å². The van der Waals surface area contributed by atoms with Gasteiger partial charge >= 0.3 is 0 Å². The highest BCUT2D eigenvalue weighted by Crippen LogP contribution is 2.32. The molecule has 0 atom stereocenters. The summed E-state index contributed by atoms with van der Waals surface area (Å²) in [7, 11) is -1.33. The normalized spacial score (nSPS) is 20.2. The highest BCUT2D eigenvalue weighted by atomic mass is 32.2. The minimum Gasteiger partial charge on any atom is -0.355 e. The Hall–Kier alpha value is -1.67. The third kappa shape index (κ3) is 2.88. The molecular formula is C16H23N5O2S. The average molecular weight is 349 g/mol. The van der Waals surface area contributed by atoms with Crippen LogP contribution in [0, 0.1) is 5.92 Å². The van der Waals surface area contributed by atoms with Gasteiger partial charge in [0.25, 0.3) is 0 Å². The van der Waals surface area contributed by atoms with Gasteiger partial charge in [-0.3, -0.25) is 0 Å². The number of piperidine rings is 1. The minimum atomic E-state index is -3.06. The van der Waals surface area contributed by atoms with Crippen LogP contribution in [0.4, 0.5) is 5.82 Å². The lowest BCUT2D eigenvalue weighted by Crippen LogP contribution is -2.40. The first-order chi connectivity index (χ1) is 11.6. The van der Waals surface area contributed by atoms with E-state index in [1.807, 2.05) is 16.8 Å². The van der Waals surface area contributed by atoms with E-state index in [1.165, 1.54) is 0 Å². The second-order valence-electron chi connectivity index (χ2n) is 6.87. The van der Waals surface area contributed by atoms with Crippen molar-refractivity contribution in [2.45, 2.75) is 30.9 Å². The zero-order valence-corrected chi connectivity index (χ0v) is 14.7. The molecule has 2 aromatic rings. The first-order valence-electron chi connectivity index (χ1n) is 8.54. The van der Waals surface area contributed by atoms with Crippen molar-refractivity contribution in [2.24, 2.45) is 5.92 Å². The Morgan fingerprint density at radius 1 is 1.21 bits per heavy atom. The minimum absolute atomic E-state index is 0.119. The first kappa shape index (κ1) is 15.8.